The molecule has 34 heavy (non-hydrogen) atoms. The average molecular weight is 496 g/mol. The number of allylic oxidation sites excluding steroid dienone is 1. The van der Waals surface area contributed by atoms with Gasteiger partial charge in [0.1, 0.15) is 0 Å². The van der Waals surface area contributed by atoms with E-state index in [0.717, 1.165) is 27.2 Å². The molecule has 0 aromatic heterocycles. The van der Waals surface area contributed by atoms with Gasteiger partial charge in [-0.15, -0.1) is 0 Å². The van der Waals surface area contributed by atoms with Crippen molar-refractivity contribution in [2.75, 3.05) is 12.3 Å². The van der Waals surface area contributed by atoms with Crippen LogP contribution in [0, 0.1) is 13.8 Å². The monoisotopic (exact) mass is 495 g/mol. The molecule has 178 valence electrons. The summed E-state index contributed by atoms with van der Waals surface area (Å²) in [4.78, 5) is 11.4. The number of rotatable bonds is 11. The maximum Gasteiger partial charge on any atom is 0.304 e. The first-order chi connectivity index (χ1) is 16.3. The van der Waals surface area contributed by atoms with E-state index in [1.807, 2.05) is 48.5 Å². The molecule has 1 atom stereocenters. The van der Waals surface area contributed by atoms with Crippen LogP contribution in [0.2, 0.25) is 5.02 Å². The van der Waals surface area contributed by atoms with Gasteiger partial charge in [0.2, 0.25) is 0 Å². The van der Waals surface area contributed by atoms with Gasteiger partial charge < -0.3 is 10.4 Å². The summed E-state index contributed by atoms with van der Waals surface area (Å²) in [5.74, 6) is -0.318. The Bertz CT molecular complexity index is 1190. The summed E-state index contributed by atoms with van der Waals surface area (Å²) in [7, 11) is -1.14. The first-order valence-corrected chi connectivity index (χ1v) is 12.9. The summed E-state index contributed by atoms with van der Waals surface area (Å²) in [6.07, 6.45) is 2.90. The summed E-state index contributed by atoms with van der Waals surface area (Å²) in [5, 5.41) is 12.5. The Morgan fingerprint density at radius 1 is 1.00 bits per heavy atom. The molecule has 1 unspecified atom stereocenters. The molecular weight excluding hydrogens is 466 g/mol. The number of carboxylic acids is 1. The predicted octanol–water partition coefficient (Wildman–Crippen LogP) is 6.26. The van der Waals surface area contributed by atoms with Gasteiger partial charge in [-0.1, -0.05) is 60.1 Å². The van der Waals surface area contributed by atoms with Crippen LogP contribution in [0.1, 0.15) is 40.7 Å². The van der Waals surface area contributed by atoms with Crippen molar-refractivity contribution >= 4 is 40.0 Å². The second kappa shape index (κ2) is 12.7. The van der Waals surface area contributed by atoms with Gasteiger partial charge in [0, 0.05) is 28.8 Å². The summed E-state index contributed by atoms with van der Waals surface area (Å²) in [6.45, 7) is 5.20. The van der Waals surface area contributed by atoms with E-state index in [4.69, 9.17) is 16.7 Å². The van der Waals surface area contributed by atoms with E-state index < -0.39 is 16.8 Å². The van der Waals surface area contributed by atoms with Crippen molar-refractivity contribution in [2.24, 2.45) is 0 Å². The molecule has 3 aromatic rings. The lowest BCUT2D eigenvalue weighted by atomic mass is 9.99. The van der Waals surface area contributed by atoms with Crippen molar-refractivity contribution in [3.63, 3.8) is 0 Å². The molecule has 0 saturated heterocycles. The maximum absolute atomic E-state index is 13.0. The molecule has 0 heterocycles. The van der Waals surface area contributed by atoms with E-state index in [1.54, 1.807) is 0 Å². The highest BCUT2D eigenvalue weighted by molar-refractivity contribution is 7.85. The van der Waals surface area contributed by atoms with Gasteiger partial charge in [-0.3, -0.25) is 9.00 Å². The molecule has 0 bridgehead atoms. The van der Waals surface area contributed by atoms with Gasteiger partial charge in [-0.2, -0.15) is 0 Å². The number of aryl methyl sites for hydroxylation is 2. The normalized spacial score (nSPS) is 12.5. The van der Waals surface area contributed by atoms with Gasteiger partial charge in [0.25, 0.3) is 0 Å². The third kappa shape index (κ3) is 7.94. The standard InChI is InChI=1S/C28H30ClNO3S/c1-20-6-7-23(16-21(20)2)17-25(24-4-3-5-26(29)18-24)13-15-34(33)27-10-8-22(9-11-27)19-30-14-12-28(31)32/h3-11,16-18,30H,12-15,19H2,1-2H3,(H,31,32). The van der Waals surface area contributed by atoms with Crippen molar-refractivity contribution in [1.82, 2.24) is 5.32 Å². The molecule has 4 nitrogen and oxygen atoms in total. The average Bonchev–Trinajstić information content (AvgIpc) is 2.82. The van der Waals surface area contributed by atoms with Crippen molar-refractivity contribution < 1.29 is 14.1 Å². The van der Waals surface area contributed by atoms with Crippen LogP contribution in [0.4, 0.5) is 0 Å². The minimum absolute atomic E-state index is 0.0900. The molecule has 2 N–H and O–H groups in total. The molecular formula is C28H30ClNO3S. The van der Waals surface area contributed by atoms with Gasteiger partial charge in [-0.25, -0.2) is 0 Å². The molecule has 0 aliphatic heterocycles. The van der Waals surface area contributed by atoms with E-state index in [2.05, 4.69) is 43.4 Å². The Morgan fingerprint density at radius 2 is 1.76 bits per heavy atom. The van der Waals surface area contributed by atoms with Crippen molar-refractivity contribution in [3.05, 3.63) is 99.6 Å². The third-order valence-electron chi connectivity index (χ3n) is 5.66. The van der Waals surface area contributed by atoms with Crippen LogP contribution in [0.5, 0.6) is 0 Å². The number of carboxylic acid groups (broad SMARTS) is 1. The number of benzene rings is 3. The Labute approximate surface area is 209 Å². The fourth-order valence-electron chi connectivity index (χ4n) is 3.55. The second-order valence-corrected chi connectivity index (χ2v) is 10.3. The van der Waals surface area contributed by atoms with Crippen molar-refractivity contribution in [1.29, 1.82) is 0 Å². The first-order valence-electron chi connectivity index (χ1n) is 11.3. The largest absolute Gasteiger partial charge is 0.481 e. The van der Waals surface area contributed by atoms with Crippen LogP contribution >= 0.6 is 11.6 Å². The van der Waals surface area contributed by atoms with E-state index in [9.17, 15) is 9.00 Å². The van der Waals surface area contributed by atoms with E-state index in [-0.39, 0.29) is 6.42 Å². The van der Waals surface area contributed by atoms with Gasteiger partial charge >= 0.3 is 5.97 Å². The van der Waals surface area contributed by atoms with Gasteiger partial charge in [0.15, 0.2) is 0 Å². The third-order valence-corrected chi connectivity index (χ3v) is 7.26. The highest BCUT2D eigenvalue weighted by atomic mass is 35.5. The lowest BCUT2D eigenvalue weighted by Crippen LogP contribution is -2.17. The van der Waals surface area contributed by atoms with Crippen molar-refractivity contribution in [3.8, 4) is 0 Å². The molecule has 6 heteroatoms. The van der Waals surface area contributed by atoms with E-state index >= 15 is 0 Å². The summed E-state index contributed by atoms with van der Waals surface area (Å²) >= 11 is 6.25. The Kier molecular flexibility index (Phi) is 9.63. The summed E-state index contributed by atoms with van der Waals surface area (Å²) in [6, 6.07) is 21.8. The number of nitrogens with one attached hydrogen (secondary N) is 1. The lowest BCUT2D eigenvalue weighted by molar-refractivity contribution is -0.136. The predicted molar refractivity (Wildman–Crippen MR) is 142 cm³/mol. The van der Waals surface area contributed by atoms with Crippen LogP contribution in [-0.2, 0) is 22.1 Å². The molecule has 3 aromatic carbocycles. The Hall–Kier alpha value is -2.73. The van der Waals surface area contributed by atoms with Crippen molar-refractivity contribution in [2.45, 2.75) is 38.1 Å². The highest BCUT2D eigenvalue weighted by Crippen LogP contribution is 2.26. The molecule has 0 aliphatic carbocycles. The zero-order valence-corrected chi connectivity index (χ0v) is 21.1. The maximum atomic E-state index is 13.0. The molecule has 0 aliphatic rings. The Morgan fingerprint density at radius 3 is 2.44 bits per heavy atom. The fourth-order valence-corrected chi connectivity index (χ4v) is 4.82. The zero-order valence-electron chi connectivity index (χ0n) is 19.5. The Balaban J connectivity index is 1.69. The number of carbonyl (C=O) groups is 1. The smallest absolute Gasteiger partial charge is 0.304 e. The van der Waals surface area contributed by atoms with E-state index in [1.165, 1.54) is 11.1 Å². The second-order valence-electron chi connectivity index (χ2n) is 8.29. The molecule has 0 saturated carbocycles. The zero-order chi connectivity index (χ0) is 24.5. The topological polar surface area (TPSA) is 66.4 Å². The van der Waals surface area contributed by atoms with Crippen LogP contribution in [0.25, 0.3) is 11.6 Å². The summed E-state index contributed by atoms with van der Waals surface area (Å²) < 4.78 is 13.0. The first kappa shape index (κ1) is 25.9. The van der Waals surface area contributed by atoms with Crippen LogP contribution in [0.15, 0.2) is 71.6 Å². The number of hydrogen-bond donors (Lipinski definition) is 2. The lowest BCUT2D eigenvalue weighted by Gasteiger charge is -2.11. The van der Waals surface area contributed by atoms with Gasteiger partial charge in [0.05, 0.1) is 17.2 Å². The highest BCUT2D eigenvalue weighted by Gasteiger charge is 2.09. The molecule has 0 spiro atoms. The molecule has 3 rings (SSSR count). The van der Waals surface area contributed by atoms with Gasteiger partial charge in [-0.05, 0) is 77.9 Å². The molecule has 0 amide bonds. The van der Waals surface area contributed by atoms with E-state index in [0.29, 0.717) is 30.3 Å². The van der Waals surface area contributed by atoms with Crippen LogP contribution in [0.3, 0.4) is 0 Å². The fraction of sp³-hybridized carbons (Fsp3) is 0.250. The van der Waals surface area contributed by atoms with Crippen LogP contribution < -0.4 is 5.32 Å². The summed E-state index contributed by atoms with van der Waals surface area (Å²) in [5.41, 5.74) is 6.76. The minimum Gasteiger partial charge on any atom is -0.481 e. The quantitative estimate of drug-likeness (QED) is 0.243. The number of halogens is 1. The molecule has 0 radical (unpaired) electrons. The SMILES string of the molecule is Cc1ccc(C=C(CCS(=O)c2ccc(CNCCC(=O)O)cc2)c2cccc(Cl)c2)cc1C. The number of aliphatic carboxylic acids is 1. The minimum atomic E-state index is -1.14. The van der Waals surface area contributed by atoms with Crippen LogP contribution in [-0.4, -0.2) is 27.6 Å². The molecule has 0 fully saturated rings. The number of hydrogen-bond acceptors (Lipinski definition) is 3.